The number of aryl methyl sites for hydroxylation is 2. The van der Waals surface area contributed by atoms with E-state index in [0.717, 1.165) is 82.0 Å². The molecule has 1 aromatic rings. The molecule has 0 radical (unpaired) electrons. The fourth-order valence-corrected chi connectivity index (χ4v) is 9.28. The van der Waals surface area contributed by atoms with E-state index in [1.807, 2.05) is 19.9 Å². The molecule has 0 aromatic carbocycles. The molecule has 9 heteroatoms. The van der Waals surface area contributed by atoms with Gasteiger partial charge in [0.25, 0.3) is 5.56 Å². The van der Waals surface area contributed by atoms with E-state index in [2.05, 4.69) is 39.4 Å². The van der Waals surface area contributed by atoms with E-state index in [1.165, 1.54) is 32.2 Å². The van der Waals surface area contributed by atoms with Crippen LogP contribution in [0.3, 0.4) is 0 Å². The number of rotatable bonds is 9. The highest BCUT2D eigenvalue weighted by Gasteiger charge is 2.45. The lowest BCUT2D eigenvalue weighted by atomic mass is 9.63. The van der Waals surface area contributed by atoms with E-state index in [1.54, 1.807) is 6.92 Å². The summed E-state index contributed by atoms with van der Waals surface area (Å²) in [5.74, 6) is 2.30. The lowest BCUT2D eigenvalue weighted by Gasteiger charge is -2.49. The molecular formula is C36H59N5O4. The van der Waals surface area contributed by atoms with Gasteiger partial charge in [0.05, 0.1) is 13.2 Å². The van der Waals surface area contributed by atoms with Gasteiger partial charge in [-0.25, -0.2) is 0 Å². The van der Waals surface area contributed by atoms with Crippen LogP contribution in [0.5, 0.6) is 0 Å². The third-order valence-electron chi connectivity index (χ3n) is 12.0. The number of aromatic amines is 1. The number of carbonyl (C=O) groups is 2. The quantitative estimate of drug-likeness (QED) is 0.381. The van der Waals surface area contributed by atoms with Gasteiger partial charge in [-0.1, -0.05) is 6.92 Å². The molecule has 9 nitrogen and oxygen atoms in total. The molecule has 1 aromatic heterocycles. The maximum atomic E-state index is 14.0. The largest absolute Gasteiger partial charge is 0.379 e. The molecule has 45 heavy (non-hydrogen) atoms. The highest BCUT2D eigenvalue weighted by molar-refractivity contribution is 5.79. The number of hydrogen-bond acceptors (Lipinski definition) is 6. The van der Waals surface area contributed by atoms with Crippen molar-refractivity contribution in [3.8, 4) is 0 Å². The Balaban J connectivity index is 1.26. The van der Waals surface area contributed by atoms with E-state index in [-0.39, 0.29) is 41.8 Å². The number of nitrogens with zero attached hydrogens (tertiary/aromatic N) is 2. The second kappa shape index (κ2) is 15.6. The molecule has 252 valence electrons. The maximum absolute atomic E-state index is 14.0. The molecular weight excluding hydrogens is 566 g/mol. The van der Waals surface area contributed by atoms with Crippen molar-refractivity contribution in [2.75, 3.05) is 39.9 Å². The van der Waals surface area contributed by atoms with Gasteiger partial charge in [0, 0.05) is 68.4 Å². The Labute approximate surface area is 270 Å². The van der Waals surface area contributed by atoms with Gasteiger partial charge in [-0.15, -0.1) is 0 Å². The number of carbonyl (C=O) groups excluding carboxylic acids is 2. The minimum absolute atomic E-state index is 0.0619. The Morgan fingerprint density at radius 1 is 1.00 bits per heavy atom. The summed E-state index contributed by atoms with van der Waals surface area (Å²) >= 11 is 0. The number of hydrogen-bond donors (Lipinski definition) is 3. The van der Waals surface area contributed by atoms with Crippen molar-refractivity contribution in [3.63, 3.8) is 0 Å². The summed E-state index contributed by atoms with van der Waals surface area (Å²) in [6.07, 6.45) is 11.4. The Morgan fingerprint density at radius 3 is 2.33 bits per heavy atom. The zero-order chi connectivity index (χ0) is 32.1. The van der Waals surface area contributed by atoms with Crippen LogP contribution in [0.25, 0.3) is 0 Å². The standard InChI is InChI=1S/C36H59N5O4/c1-23-18-24(2)38-36(44)33(23)21-37-35(43)32-19-29(28-8-6-27(7-9-28)22-41-14-16-45-17-15-41)20-34(25(32)3)40(5)31-12-10-30(11-13-31)39-26(4)42/h18,25,27-32,34H,6-17,19-22H2,1-5H3,(H,37,43)(H,38,44)(H,39,42). The number of morpholine rings is 1. The minimum atomic E-state index is -0.108. The van der Waals surface area contributed by atoms with E-state index in [9.17, 15) is 14.4 Å². The van der Waals surface area contributed by atoms with E-state index in [0.29, 0.717) is 29.5 Å². The first-order valence-corrected chi connectivity index (χ1v) is 17.8. The van der Waals surface area contributed by atoms with Crippen LogP contribution in [0.1, 0.15) is 94.9 Å². The molecule has 1 aliphatic heterocycles. The zero-order valence-corrected chi connectivity index (χ0v) is 28.5. The first-order chi connectivity index (χ1) is 21.6. The molecule has 5 rings (SSSR count). The summed E-state index contributed by atoms with van der Waals surface area (Å²) < 4.78 is 5.56. The molecule has 3 aliphatic carbocycles. The highest BCUT2D eigenvalue weighted by atomic mass is 16.5. The minimum Gasteiger partial charge on any atom is -0.379 e. The molecule has 4 fully saturated rings. The number of pyridine rings is 1. The number of amides is 2. The average molecular weight is 626 g/mol. The molecule has 1 saturated heterocycles. The van der Waals surface area contributed by atoms with E-state index in [4.69, 9.17) is 4.74 Å². The molecule has 3 N–H and O–H groups in total. The van der Waals surface area contributed by atoms with Gasteiger partial charge >= 0.3 is 0 Å². The smallest absolute Gasteiger partial charge is 0.253 e. The van der Waals surface area contributed by atoms with Crippen molar-refractivity contribution in [3.05, 3.63) is 33.2 Å². The number of nitrogens with one attached hydrogen (secondary N) is 3. The normalized spacial score (nSPS) is 33.1. The van der Waals surface area contributed by atoms with Crippen LogP contribution in [-0.2, 0) is 20.9 Å². The average Bonchev–Trinajstić information content (AvgIpc) is 3.01. The number of ether oxygens (including phenoxy) is 1. The van der Waals surface area contributed by atoms with Gasteiger partial charge in [0.1, 0.15) is 0 Å². The lowest BCUT2D eigenvalue weighted by Crippen LogP contribution is -2.54. The van der Waals surface area contributed by atoms with Crippen molar-refractivity contribution in [1.82, 2.24) is 25.4 Å². The summed E-state index contributed by atoms with van der Waals surface area (Å²) in [6, 6.07) is 3.08. The summed E-state index contributed by atoms with van der Waals surface area (Å²) in [4.78, 5) is 46.4. The second-order valence-electron chi connectivity index (χ2n) is 15.0. The monoisotopic (exact) mass is 625 g/mol. The SMILES string of the molecule is CC(=O)NC1CCC(N(C)C2CC(C3CCC(CN4CCOCC4)CC3)CC(C(=O)NCc3c(C)cc(C)[nH]c3=O)C2C)CC1. The first kappa shape index (κ1) is 34.1. The van der Waals surface area contributed by atoms with Crippen LogP contribution in [0, 0.1) is 43.4 Å². The van der Waals surface area contributed by atoms with Gasteiger partial charge < -0.3 is 25.3 Å². The topological polar surface area (TPSA) is 107 Å². The van der Waals surface area contributed by atoms with E-state index < -0.39 is 0 Å². The molecule has 3 saturated carbocycles. The number of H-pyrrole nitrogens is 1. The van der Waals surface area contributed by atoms with E-state index >= 15 is 0 Å². The summed E-state index contributed by atoms with van der Waals surface area (Å²) in [5.41, 5.74) is 2.31. The van der Waals surface area contributed by atoms with Crippen LogP contribution < -0.4 is 16.2 Å². The zero-order valence-electron chi connectivity index (χ0n) is 28.5. The third kappa shape index (κ3) is 8.77. The molecule has 4 unspecified atom stereocenters. The Hall–Kier alpha value is -2.23. The van der Waals surface area contributed by atoms with Crippen molar-refractivity contribution in [2.24, 2.45) is 29.6 Å². The van der Waals surface area contributed by atoms with Crippen LogP contribution in [0.15, 0.2) is 10.9 Å². The molecule has 2 heterocycles. The third-order valence-corrected chi connectivity index (χ3v) is 12.0. The van der Waals surface area contributed by atoms with Gasteiger partial charge in [-0.3, -0.25) is 19.3 Å². The van der Waals surface area contributed by atoms with Crippen LogP contribution >= 0.6 is 0 Å². The Morgan fingerprint density at radius 2 is 1.69 bits per heavy atom. The second-order valence-corrected chi connectivity index (χ2v) is 15.0. The van der Waals surface area contributed by atoms with Crippen molar-refractivity contribution >= 4 is 11.8 Å². The lowest BCUT2D eigenvalue weighted by molar-refractivity contribution is -0.131. The molecule has 2 amide bonds. The summed E-state index contributed by atoms with van der Waals surface area (Å²) in [7, 11) is 2.29. The first-order valence-electron chi connectivity index (χ1n) is 17.8. The molecule has 0 bridgehead atoms. The number of aromatic nitrogens is 1. The van der Waals surface area contributed by atoms with Gasteiger partial charge in [0.2, 0.25) is 11.8 Å². The Kier molecular flexibility index (Phi) is 11.8. The molecule has 0 spiro atoms. The van der Waals surface area contributed by atoms with Crippen LogP contribution in [0.2, 0.25) is 0 Å². The predicted octanol–water partition coefficient (Wildman–Crippen LogP) is 4.16. The van der Waals surface area contributed by atoms with Crippen LogP contribution in [-0.4, -0.2) is 84.6 Å². The summed E-state index contributed by atoms with van der Waals surface area (Å²) in [5, 5.41) is 6.33. The van der Waals surface area contributed by atoms with Crippen molar-refractivity contribution < 1.29 is 14.3 Å². The van der Waals surface area contributed by atoms with Crippen LogP contribution in [0.4, 0.5) is 0 Å². The fourth-order valence-electron chi connectivity index (χ4n) is 9.28. The van der Waals surface area contributed by atoms with Crippen molar-refractivity contribution in [2.45, 2.75) is 117 Å². The Bertz CT molecular complexity index is 1200. The summed E-state index contributed by atoms with van der Waals surface area (Å²) in [6.45, 7) is 13.1. The molecule has 4 atom stereocenters. The highest BCUT2D eigenvalue weighted by Crippen LogP contribution is 2.46. The molecule has 4 aliphatic rings. The van der Waals surface area contributed by atoms with Gasteiger partial charge in [-0.2, -0.15) is 0 Å². The van der Waals surface area contributed by atoms with Gasteiger partial charge in [0.15, 0.2) is 0 Å². The maximum Gasteiger partial charge on any atom is 0.253 e. The predicted molar refractivity (Wildman–Crippen MR) is 178 cm³/mol. The fraction of sp³-hybridized carbons (Fsp3) is 0.806. The van der Waals surface area contributed by atoms with Crippen molar-refractivity contribution in [1.29, 1.82) is 0 Å². The van der Waals surface area contributed by atoms with Gasteiger partial charge in [-0.05, 0) is 120 Å².